The molecule has 5 N–H and O–H groups in total. The van der Waals surface area contributed by atoms with E-state index >= 15 is 0 Å². The summed E-state index contributed by atoms with van der Waals surface area (Å²) in [4.78, 5) is 26.3. The van der Waals surface area contributed by atoms with E-state index in [9.17, 15) is 9.59 Å². The summed E-state index contributed by atoms with van der Waals surface area (Å²) in [6.07, 6.45) is 2.32. The molecule has 22 heavy (non-hydrogen) atoms. The molecule has 0 aliphatic carbocycles. The topological polar surface area (TPSA) is 116 Å². The largest absolute Gasteiger partial charge is 0.383 e. The first-order valence-corrected chi connectivity index (χ1v) is 6.49. The van der Waals surface area contributed by atoms with Crippen molar-refractivity contribution in [2.75, 3.05) is 11.1 Å². The Labute approximate surface area is 125 Å². The second-order valence-corrected chi connectivity index (χ2v) is 4.66. The lowest BCUT2D eigenvalue weighted by molar-refractivity contribution is -0.105. The minimum atomic E-state index is -0.562. The number of nitrogens with two attached hydrogens (primary N) is 2. The zero-order chi connectivity index (χ0) is 15.7. The Hall–Kier alpha value is -3.35. The normalized spacial score (nSPS) is 10.5. The monoisotopic (exact) mass is 295 g/mol. The van der Waals surface area contributed by atoms with Gasteiger partial charge in [-0.15, -0.1) is 0 Å². The summed E-state index contributed by atoms with van der Waals surface area (Å²) in [7, 11) is 0. The van der Waals surface area contributed by atoms with Gasteiger partial charge in [-0.1, -0.05) is 12.1 Å². The third-order valence-electron chi connectivity index (χ3n) is 3.34. The fraction of sp³-hybridized carbons (Fsp3) is 0. The van der Waals surface area contributed by atoms with Gasteiger partial charge in [-0.2, -0.15) is 0 Å². The fourth-order valence-corrected chi connectivity index (χ4v) is 2.28. The lowest BCUT2D eigenvalue weighted by Gasteiger charge is -2.02. The molecule has 3 aromatic rings. The van der Waals surface area contributed by atoms with Crippen molar-refractivity contribution in [2.45, 2.75) is 0 Å². The molecule has 1 aromatic carbocycles. The second kappa shape index (κ2) is 5.21. The maximum atomic E-state index is 11.5. The number of aromatic nitrogens is 2. The molecule has 2 amide bonds. The van der Waals surface area contributed by atoms with Crippen LogP contribution in [0.15, 0.2) is 42.6 Å². The van der Waals surface area contributed by atoms with Crippen LogP contribution in [0.5, 0.6) is 0 Å². The highest BCUT2D eigenvalue weighted by molar-refractivity contribution is 5.99. The number of rotatable bonds is 4. The number of carbonyl (C=O) groups excluding carboxylic acids is 2. The van der Waals surface area contributed by atoms with Crippen molar-refractivity contribution >= 4 is 29.5 Å². The predicted octanol–water partition coefficient (Wildman–Crippen LogP) is 1.25. The van der Waals surface area contributed by atoms with Crippen molar-refractivity contribution in [3.8, 4) is 11.3 Å². The molecule has 0 saturated heterocycles. The van der Waals surface area contributed by atoms with E-state index in [0.29, 0.717) is 34.8 Å². The SMILES string of the molecule is NC(=O)c1cccn2c(N)c(-c3ccc(NC=O)cc3)nc12. The quantitative estimate of drug-likeness (QED) is 0.628. The van der Waals surface area contributed by atoms with Gasteiger partial charge < -0.3 is 16.8 Å². The molecule has 110 valence electrons. The Morgan fingerprint density at radius 2 is 1.95 bits per heavy atom. The van der Waals surface area contributed by atoms with E-state index in [4.69, 9.17) is 11.5 Å². The molecule has 0 aliphatic rings. The van der Waals surface area contributed by atoms with E-state index in [1.807, 2.05) is 0 Å². The van der Waals surface area contributed by atoms with Crippen molar-refractivity contribution in [1.29, 1.82) is 0 Å². The minimum absolute atomic E-state index is 0.305. The lowest BCUT2D eigenvalue weighted by atomic mass is 10.1. The molecule has 0 bridgehead atoms. The number of hydrogen-bond donors (Lipinski definition) is 3. The van der Waals surface area contributed by atoms with E-state index in [0.717, 1.165) is 5.56 Å². The zero-order valence-electron chi connectivity index (χ0n) is 11.5. The predicted molar refractivity (Wildman–Crippen MR) is 83.2 cm³/mol. The number of benzene rings is 1. The van der Waals surface area contributed by atoms with E-state index in [-0.39, 0.29) is 0 Å². The van der Waals surface area contributed by atoms with Crippen LogP contribution in [0.4, 0.5) is 11.5 Å². The van der Waals surface area contributed by atoms with E-state index in [2.05, 4.69) is 10.3 Å². The Morgan fingerprint density at radius 3 is 2.59 bits per heavy atom. The van der Waals surface area contributed by atoms with Crippen LogP contribution in [-0.4, -0.2) is 21.7 Å². The van der Waals surface area contributed by atoms with Crippen molar-refractivity contribution in [3.63, 3.8) is 0 Å². The Kier molecular flexibility index (Phi) is 3.23. The number of anilines is 2. The van der Waals surface area contributed by atoms with Gasteiger partial charge in [-0.3, -0.25) is 14.0 Å². The average molecular weight is 295 g/mol. The number of fused-ring (bicyclic) bond motifs is 1. The summed E-state index contributed by atoms with van der Waals surface area (Å²) >= 11 is 0. The molecule has 0 unspecified atom stereocenters. The molecule has 2 aromatic heterocycles. The third-order valence-corrected chi connectivity index (χ3v) is 3.34. The van der Waals surface area contributed by atoms with Gasteiger partial charge in [0.1, 0.15) is 11.5 Å². The summed E-state index contributed by atoms with van der Waals surface area (Å²) in [5.41, 5.74) is 14.2. The first-order chi connectivity index (χ1) is 10.6. The van der Waals surface area contributed by atoms with Gasteiger partial charge in [0.05, 0.1) is 5.56 Å². The number of carbonyl (C=O) groups is 2. The van der Waals surface area contributed by atoms with Crippen LogP contribution in [0.25, 0.3) is 16.9 Å². The maximum absolute atomic E-state index is 11.5. The van der Waals surface area contributed by atoms with Crippen LogP contribution in [0, 0.1) is 0 Å². The number of pyridine rings is 1. The van der Waals surface area contributed by atoms with Gasteiger partial charge in [-0.25, -0.2) is 4.98 Å². The molecule has 3 rings (SSSR count). The van der Waals surface area contributed by atoms with Crippen LogP contribution in [0.1, 0.15) is 10.4 Å². The third kappa shape index (κ3) is 2.14. The second-order valence-electron chi connectivity index (χ2n) is 4.66. The summed E-state index contributed by atoms with van der Waals surface area (Å²) in [5, 5.41) is 2.55. The van der Waals surface area contributed by atoms with Crippen molar-refractivity contribution in [1.82, 2.24) is 9.38 Å². The molecule has 2 heterocycles. The average Bonchev–Trinajstić information content (AvgIpc) is 2.85. The number of nitrogen functional groups attached to an aromatic ring is 1. The zero-order valence-corrected chi connectivity index (χ0v) is 11.5. The van der Waals surface area contributed by atoms with Gasteiger partial charge in [0.2, 0.25) is 6.41 Å². The van der Waals surface area contributed by atoms with Crippen LogP contribution >= 0.6 is 0 Å². The van der Waals surface area contributed by atoms with Crippen LogP contribution < -0.4 is 16.8 Å². The summed E-state index contributed by atoms with van der Waals surface area (Å²) in [5.74, 6) is -0.151. The molecule has 7 heteroatoms. The number of nitrogens with zero attached hydrogens (tertiary/aromatic N) is 2. The molecule has 0 atom stereocenters. The molecule has 0 saturated carbocycles. The highest BCUT2D eigenvalue weighted by Crippen LogP contribution is 2.28. The van der Waals surface area contributed by atoms with E-state index in [1.54, 1.807) is 47.0 Å². The summed E-state index contributed by atoms with van der Waals surface area (Å²) in [6.45, 7) is 0. The number of imidazole rings is 1. The molecule has 0 aliphatic heterocycles. The van der Waals surface area contributed by atoms with Crippen LogP contribution in [0.3, 0.4) is 0 Å². The van der Waals surface area contributed by atoms with E-state index < -0.39 is 5.91 Å². The number of nitrogens with one attached hydrogen (secondary N) is 1. The minimum Gasteiger partial charge on any atom is -0.383 e. The number of hydrogen-bond acceptors (Lipinski definition) is 4. The lowest BCUT2D eigenvalue weighted by Crippen LogP contribution is -2.12. The number of primary amides is 1. The van der Waals surface area contributed by atoms with Gasteiger partial charge >= 0.3 is 0 Å². The Morgan fingerprint density at radius 1 is 1.23 bits per heavy atom. The Bertz CT molecular complexity index is 868. The summed E-state index contributed by atoms with van der Waals surface area (Å²) < 4.78 is 1.62. The van der Waals surface area contributed by atoms with Gasteiger partial charge in [-0.05, 0) is 24.3 Å². The fourth-order valence-electron chi connectivity index (χ4n) is 2.28. The number of amides is 2. The highest BCUT2D eigenvalue weighted by Gasteiger charge is 2.15. The molecule has 0 fully saturated rings. The molecule has 0 radical (unpaired) electrons. The van der Waals surface area contributed by atoms with E-state index in [1.165, 1.54) is 0 Å². The van der Waals surface area contributed by atoms with Crippen molar-refractivity contribution < 1.29 is 9.59 Å². The van der Waals surface area contributed by atoms with Gasteiger partial charge in [0.15, 0.2) is 5.65 Å². The van der Waals surface area contributed by atoms with Gasteiger partial charge in [0, 0.05) is 17.4 Å². The standard InChI is InChI=1S/C15H13N5O2/c16-13-12(9-3-5-10(6-4-9)18-8-21)19-15-11(14(17)22)2-1-7-20(13)15/h1-8H,16H2,(H2,17,22)(H,18,21). The molecular formula is C15H13N5O2. The molecular weight excluding hydrogens is 282 g/mol. The maximum Gasteiger partial charge on any atom is 0.252 e. The van der Waals surface area contributed by atoms with Gasteiger partial charge in [0.25, 0.3) is 5.91 Å². The first-order valence-electron chi connectivity index (χ1n) is 6.49. The molecule has 0 spiro atoms. The van der Waals surface area contributed by atoms with Crippen molar-refractivity contribution in [3.05, 3.63) is 48.2 Å². The van der Waals surface area contributed by atoms with Crippen molar-refractivity contribution in [2.24, 2.45) is 5.73 Å². The molecule has 7 nitrogen and oxygen atoms in total. The summed E-state index contributed by atoms with van der Waals surface area (Å²) in [6, 6.07) is 10.3. The smallest absolute Gasteiger partial charge is 0.252 e. The van der Waals surface area contributed by atoms with Crippen LogP contribution in [-0.2, 0) is 4.79 Å². The first kappa shape index (κ1) is 13.6. The van der Waals surface area contributed by atoms with Crippen LogP contribution in [0.2, 0.25) is 0 Å². The highest BCUT2D eigenvalue weighted by atomic mass is 16.1. The Balaban J connectivity index is 2.15.